The van der Waals surface area contributed by atoms with E-state index in [1.54, 1.807) is 24.3 Å². The van der Waals surface area contributed by atoms with Crippen molar-refractivity contribution in [2.45, 2.75) is 5.41 Å². The summed E-state index contributed by atoms with van der Waals surface area (Å²) in [7, 11) is 0. The molecule has 9 nitrogen and oxygen atoms in total. The lowest BCUT2D eigenvalue weighted by Crippen LogP contribution is -2.47. The number of nitrogens with one attached hydrogen (secondary N) is 6. The minimum Gasteiger partial charge on any atom is -0.341 e. The number of aromatic amines is 4. The van der Waals surface area contributed by atoms with Gasteiger partial charge in [-0.2, -0.15) is 0 Å². The maximum atomic E-state index is 13.3. The van der Waals surface area contributed by atoms with Gasteiger partial charge in [0.15, 0.2) is 9.54 Å². The van der Waals surface area contributed by atoms with E-state index in [-0.39, 0.29) is 32.3 Å². The molecule has 0 aliphatic carbocycles. The van der Waals surface area contributed by atoms with E-state index in [1.165, 1.54) is 0 Å². The van der Waals surface area contributed by atoms with Gasteiger partial charge in [-0.3, -0.25) is 24.4 Å². The molecule has 0 saturated heterocycles. The molecule has 2 aliphatic heterocycles. The molecule has 5 rings (SSSR count). The fourth-order valence-electron chi connectivity index (χ4n) is 3.88. The summed E-state index contributed by atoms with van der Waals surface area (Å²) in [6.45, 7) is 0. The van der Waals surface area contributed by atoms with Gasteiger partial charge in [0.25, 0.3) is 11.1 Å². The van der Waals surface area contributed by atoms with Crippen LogP contribution in [-0.4, -0.2) is 25.8 Å². The highest BCUT2D eigenvalue weighted by molar-refractivity contribution is 7.71. The lowest BCUT2D eigenvalue weighted by molar-refractivity contribution is -0.118. The van der Waals surface area contributed by atoms with Gasteiger partial charge in [-0.1, -0.05) is 18.2 Å². The second kappa shape index (κ2) is 5.11. The van der Waals surface area contributed by atoms with Gasteiger partial charge in [0, 0.05) is 11.3 Å². The second-order valence-electron chi connectivity index (χ2n) is 6.19. The van der Waals surface area contributed by atoms with Crippen LogP contribution in [0.2, 0.25) is 0 Å². The summed E-state index contributed by atoms with van der Waals surface area (Å²) < 4.78 is 0.167. The van der Waals surface area contributed by atoms with Crippen LogP contribution >= 0.6 is 24.4 Å². The summed E-state index contributed by atoms with van der Waals surface area (Å²) in [6, 6.07) is 6.96. The van der Waals surface area contributed by atoms with E-state index in [1.807, 2.05) is 0 Å². The van der Waals surface area contributed by atoms with Crippen molar-refractivity contribution in [3.05, 3.63) is 71.2 Å². The van der Waals surface area contributed by atoms with Crippen LogP contribution in [-0.2, 0) is 10.2 Å². The molecule has 6 N–H and O–H groups in total. The van der Waals surface area contributed by atoms with Gasteiger partial charge in [-0.05, 0) is 30.5 Å². The predicted octanol–water partition coefficient (Wildman–Crippen LogP) is 1.52. The number of aromatic nitrogens is 4. The van der Waals surface area contributed by atoms with Gasteiger partial charge in [-0.25, -0.2) is 0 Å². The Morgan fingerprint density at radius 1 is 0.741 bits per heavy atom. The van der Waals surface area contributed by atoms with Crippen molar-refractivity contribution in [2.24, 2.45) is 0 Å². The first-order valence-electron chi connectivity index (χ1n) is 7.85. The number of para-hydroxylation sites is 1. The third kappa shape index (κ3) is 1.89. The molecule has 3 aromatic rings. The van der Waals surface area contributed by atoms with E-state index in [0.29, 0.717) is 11.3 Å². The first-order valence-corrected chi connectivity index (χ1v) is 8.66. The Morgan fingerprint density at radius 3 is 1.93 bits per heavy atom. The Labute approximate surface area is 159 Å². The molecule has 0 fully saturated rings. The second-order valence-corrected chi connectivity index (χ2v) is 7.01. The summed E-state index contributed by atoms with van der Waals surface area (Å²) in [4.78, 5) is 49.7. The Balaban J connectivity index is 2.06. The highest BCUT2D eigenvalue weighted by atomic mass is 32.1. The van der Waals surface area contributed by atoms with E-state index in [2.05, 4.69) is 30.6 Å². The molecule has 4 heterocycles. The first-order chi connectivity index (χ1) is 12.9. The molecule has 1 spiro atoms. The summed E-state index contributed by atoms with van der Waals surface area (Å²) >= 11 is 10.1. The lowest BCUT2D eigenvalue weighted by Gasteiger charge is -2.34. The van der Waals surface area contributed by atoms with Gasteiger partial charge in [0.05, 0.1) is 11.1 Å². The van der Waals surface area contributed by atoms with Gasteiger partial charge in [0.1, 0.15) is 17.1 Å². The van der Waals surface area contributed by atoms with Crippen molar-refractivity contribution in [2.75, 3.05) is 10.6 Å². The standard InChI is InChI=1S/C16H10N6O3S2/c23-11-7-9(19-14(26)21-11)17-6-4-2-1-3-5(6)16(7)8-10(18-13(16)25)20-15(27)22-12(8)24/h1-4H,(H3,17,19,21,23,26)(H3,18,20,22,24,25,27). The maximum absolute atomic E-state index is 13.3. The quantitative estimate of drug-likeness (QED) is 0.318. The summed E-state index contributed by atoms with van der Waals surface area (Å²) in [5.74, 6) is -0.114. The van der Waals surface area contributed by atoms with Gasteiger partial charge in [0.2, 0.25) is 5.91 Å². The van der Waals surface area contributed by atoms with Crippen LogP contribution < -0.4 is 21.8 Å². The smallest absolute Gasteiger partial charge is 0.258 e. The fraction of sp³-hybridized carbons (Fsp3) is 0.0625. The van der Waals surface area contributed by atoms with Gasteiger partial charge >= 0.3 is 0 Å². The number of anilines is 3. The third-order valence-corrected chi connectivity index (χ3v) is 5.21. The van der Waals surface area contributed by atoms with Crippen LogP contribution in [0.3, 0.4) is 0 Å². The topological polar surface area (TPSA) is 138 Å². The Kier molecular flexibility index (Phi) is 3.01. The maximum Gasteiger partial charge on any atom is 0.258 e. The number of benzene rings is 1. The Hall–Kier alpha value is -3.31. The average Bonchev–Trinajstić information content (AvgIpc) is 2.87. The fourth-order valence-corrected chi connectivity index (χ4v) is 4.27. The average molecular weight is 398 g/mol. The van der Waals surface area contributed by atoms with Crippen molar-refractivity contribution in [1.29, 1.82) is 0 Å². The number of fused-ring (bicyclic) bond motifs is 6. The molecule has 11 heteroatoms. The summed E-state index contributed by atoms with van der Waals surface area (Å²) in [5.41, 5.74) is -1.61. The van der Waals surface area contributed by atoms with E-state index in [0.717, 1.165) is 0 Å². The zero-order valence-corrected chi connectivity index (χ0v) is 15.0. The van der Waals surface area contributed by atoms with Crippen LogP contribution in [0.1, 0.15) is 16.7 Å². The van der Waals surface area contributed by atoms with Crippen molar-refractivity contribution in [1.82, 2.24) is 19.9 Å². The number of carbonyl (C=O) groups is 1. The van der Waals surface area contributed by atoms with Crippen molar-refractivity contribution in [3.63, 3.8) is 0 Å². The monoisotopic (exact) mass is 398 g/mol. The number of amides is 1. The van der Waals surface area contributed by atoms with Crippen molar-refractivity contribution >= 4 is 47.7 Å². The van der Waals surface area contributed by atoms with Crippen molar-refractivity contribution in [3.8, 4) is 0 Å². The van der Waals surface area contributed by atoms with E-state index < -0.39 is 22.4 Å². The minimum absolute atomic E-state index is 0.0575. The number of hydrogen-bond donors (Lipinski definition) is 6. The van der Waals surface area contributed by atoms with E-state index in [4.69, 9.17) is 24.4 Å². The number of H-pyrrole nitrogens is 4. The van der Waals surface area contributed by atoms with Gasteiger partial charge < -0.3 is 20.6 Å². The normalized spacial score (nSPS) is 19.0. The summed E-state index contributed by atoms with van der Waals surface area (Å²) in [6.07, 6.45) is 0. The SMILES string of the molecule is O=C1Nc2[nH]c(=S)[nH]c(=O)c2C12c1ccccc1Nc1[nH]c(=S)[nH]c(=O)c12. The molecule has 0 radical (unpaired) electrons. The minimum atomic E-state index is -1.66. The molecule has 0 bridgehead atoms. The van der Waals surface area contributed by atoms with E-state index >= 15 is 0 Å². The molecule has 1 atom stereocenters. The van der Waals surface area contributed by atoms with Crippen LogP contribution in [0.4, 0.5) is 17.3 Å². The molecule has 134 valence electrons. The third-order valence-electron chi connectivity index (χ3n) is 4.81. The Bertz CT molecular complexity index is 1400. The van der Waals surface area contributed by atoms with Crippen molar-refractivity contribution < 1.29 is 4.79 Å². The Morgan fingerprint density at radius 2 is 1.30 bits per heavy atom. The van der Waals surface area contributed by atoms with Crippen LogP contribution in [0.5, 0.6) is 0 Å². The highest BCUT2D eigenvalue weighted by Crippen LogP contribution is 2.51. The number of carbonyl (C=O) groups excluding carboxylic acids is 1. The van der Waals surface area contributed by atoms with Crippen LogP contribution in [0.15, 0.2) is 33.9 Å². The molecular formula is C16H10N6O3S2. The van der Waals surface area contributed by atoms with Crippen LogP contribution in [0, 0.1) is 9.54 Å². The zero-order valence-electron chi connectivity index (χ0n) is 13.4. The van der Waals surface area contributed by atoms with Gasteiger partial charge in [-0.15, -0.1) is 0 Å². The highest BCUT2D eigenvalue weighted by Gasteiger charge is 2.57. The number of rotatable bonds is 0. The van der Waals surface area contributed by atoms with E-state index in [9.17, 15) is 14.4 Å². The largest absolute Gasteiger partial charge is 0.341 e. The lowest BCUT2D eigenvalue weighted by atomic mass is 9.69. The molecule has 1 unspecified atom stereocenters. The molecular weight excluding hydrogens is 388 g/mol. The molecule has 2 aromatic heterocycles. The van der Waals surface area contributed by atoms with Crippen LogP contribution in [0.25, 0.3) is 0 Å². The first kappa shape index (κ1) is 15.9. The molecule has 1 aromatic carbocycles. The molecule has 27 heavy (non-hydrogen) atoms. The zero-order chi connectivity index (χ0) is 18.9. The summed E-state index contributed by atoms with van der Waals surface area (Å²) in [5, 5.41) is 5.75. The molecule has 2 aliphatic rings. The number of hydrogen-bond acceptors (Lipinski definition) is 6. The predicted molar refractivity (Wildman–Crippen MR) is 103 cm³/mol. The molecule has 1 amide bonds. The molecule has 0 saturated carbocycles.